The van der Waals surface area contributed by atoms with E-state index in [9.17, 15) is 13.2 Å². The van der Waals surface area contributed by atoms with Crippen LogP contribution in [0, 0.1) is 0 Å². The van der Waals surface area contributed by atoms with Gasteiger partial charge in [0.05, 0.1) is 23.4 Å². The summed E-state index contributed by atoms with van der Waals surface area (Å²) in [6.07, 6.45) is 0. The van der Waals surface area contributed by atoms with Crippen molar-refractivity contribution in [2.24, 2.45) is 0 Å². The van der Waals surface area contributed by atoms with Gasteiger partial charge < -0.3 is 0 Å². The number of fused-ring (bicyclic) bond motifs is 1. The van der Waals surface area contributed by atoms with Gasteiger partial charge in [0.2, 0.25) is 0 Å². The lowest BCUT2D eigenvalue weighted by molar-refractivity contribution is 0.289. The second-order valence-corrected chi connectivity index (χ2v) is 6.34. The highest BCUT2D eigenvalue weighted by Gasteiger charge is 2.14. The second kappa shape index (κ2) is 6.27. The van der Waals surface area contributed by atoms with E-state index in [4.69, 9.17) is 4.18 Å². The van der Waals surface area contributed by atoms with Crippen molar-refractivity contribution in [2.45, 2.75) is 11.4 Å². The number of nitrogens with zero attached hydrogens (tertiary/aromatic N) is 3. The van der Waals surface area contributed by atoms with Gasteiger partial charge in [0.25, 0.3) is 15.7 Å². The largest absolute Gasteiger partial charge is 0.297 e. The average Bonchev–Trinajstić information content (AvgIpc) is 2.58. The Balaban J connectivity index is 1.75. The summed E-state index contributed by atoms with van der Waals surface area (Å²) in [4.78, 5) is 12.3. The fourth-order valence-electron chi connectivity index (χ4n) is 2.06. The third-order valence-electron chi connectivity index (χ3n) is 3.20. The second-order valence-electron chi connectivity index (χ2n) is 4.72. The molecule has 0 bridgehead atoms. The Morgan fingerprint density at radius 1 is 1.00 bits per heavy atom. The number of hydrogen-bond acceptors (Lipinski definition) is 6. The molecule has 8 heteroatoms. The van der Waals surface area contributed by atoms with Crippen LogP contribution >= 0.6 is 0 Å². The van der Waals surface area contributed by atoms with Gasteiger partial charge in [-0.15, -0.1) is 5.10 Å². The number of aromatic nitrogens is 3. The molecule has 3 rings (SSSR count). The molecule has 1 heterocycles. The summed E-state index contributed by atoms with van der Waals surface area (Å²) >= 11 is 0. The molecule has 1 aromatic heterocycles. The molecule has 0 aliphatic heterocycles. The van der Waals surface area contributed by atoms with Gasteiger partial charge in [0, 0.05) is 0 Å². The first-order valence-corrected chi connectivity index (χ1v) is 8.26. The molecule has 0 unspecified atom stereocenters. The molecule has 0 radical (unpaired) electrons. The Morgan fingerprint density at radius 2 is 1.70 bits per heavy atom. The van der Waals surface area contributed by atoms with Gasteiger partial charge in [0.1, 0.15) is 5.52 Å². The van der Waals surface area contributed by atoms with Gasteiger partial charge in [-0.1, -0.05) is 35.5 Å². The number of hydrogen-bond donors (Lipinski definition) is 0. The van der Waals surface area contributed by atoms with E-state index >= 15 is 0 Å². The molecule has 0 saturated carbocycles. The Morgan fingerprint density at radius 3 is 2.48 bits per heavy atom. The monoisotopic (exact) mass is 331 g/mol. The van der Waals surface area contributed by atoms with Crippen molar-refractivity contribution in [3.8, 4) is 0 Å². The molecular weight excluding hydrogens is 318 g/mol. The molecule has 0 amide bonds. The van der Waals surface area contributed by atoms with E-state index in [-0.39, 0.29) is 23.6 Å². The maximum atomic E-state index is 12.2. The van der Waals surface area contributed by atoms with Crippen molar-refractivity contribution in [1.82, 2.24) is 15.0 Å². The first-order valence-electron chi connectivity index (χ1n) is 6.85. The third-order valence-corrected chi connectivity index (χ3v) is 4.53. The summed E-state index contributed by atoms with van der Waals surface area (Å²) in [6, 6.07) is 14.6. The van der Waals surface area contributed by atoms with Crippen LogP contribution in [0.4, 0.5) is 0 Å². The first kappa shape index (κ1) is 15.3. The molecule has 0 atom stereocenters. The maximum absolute atomic E-state index is 12.2. The van der Waals surface area contributed by atoms with Crippen LogP contribution in [0.1, 0.15) is 0 Å². The van der Waals surface area contributed by atoms with Crippen LogP contribution in [0.2, 0.25) is 0 Å². The van der Waals surface area contributed by atoms with Crippen molar-refractivity contribution in [1.29, 1.82) is 0 Å². The summed E-state index contributed by atoms with van der Waals surface area (Å²) in [5.74, 6) is 0. The van der Waals surface area contributed by atoms with E-state index in [1.165, 1.54) is 12.1 Å². The lowest BCUT2D eigenvalue weighted by atomic mass is 10.2. The SMILES string of the molecule is O=c1c2ccccc2nnn1CCOS(=O)(=O)c1ccccc1. The van der Waals surface area contributed by atoms with Crippen molar-refractivity contribution in [3.63, 3.8) is 0 Å². The van der Waals surface area contributed by atoms with E-state index in [2.05, 4.69) is 10.3 Å². The van der Waals surface area contributed by atoms with E-state index in [0.29, 0.717) is 10.9 Å². The Labute approximate surface area is 132 Å². The fraction of sp³-hybridized carbons (Fsp3) is 0.133. The highest BCUT2D eigenvalue weighted by Crippen LogP contribution is 2.11. The standard InChI is InChI=1S/C15H13N3O4S/c19-15-13-8-4-5-9-14(13)16-17-18(15)10-11-22-23(20,21)12-6-2-1-3-7-12/h1-9H,10-11H2. The van der Waals surface area contributed by atoms with Gasteiger partial charge in [-0.25, -0.2) is 4.68 Å². The molecule has 0 aliphatic carbocycles. The van der Waals surface area contributed by atoms with Gasteiger partial charge in [-0.3, -0.25) is 8.98 Å². The summed E-state index contributed by atoms with van der Waals surface area (Å²) in [6.45, 7) is -0.215. The minimum atomic E-state index is -3.85. The maximum Gasteiger partial charge on any atom is 0.297 e. The highest BCUT2D eigenvalue weighted by molar-refractivity contribution is 7.86. The molecule has 3 aromatic rings. The van der Waals surface area contributed by atoms with Crippen molar-refractivity contribution < 1.29 is 12.6 Å². The molecule has 23 heavy (non-hydrogen) atoms. The molecule has 7 nitrogen and oxygen atoms in total. The third kappa shape index (κ3) is 3.27. The van der Waals surface area contributed by atoms with Crippen LogP contribution in [0.25, 0.3) is 10.9 Å². The van der Waals surface area contributed by atoms with Crippen LogP contribution in [0.15, 0.2) is 64.3 Å². The molecule has 0 saturated heterocycles. The molecule has 0 fully saturated rings. The van der Waals surface area contributed by atoms with Gasteiger partial charge >= 0.3 is 0 Å². The van der Waals surface area contributed by atoms with Gasteiger partial charge in [-0.2, -0.15) is 8.42 Å². The van der Waals surface area contributed by atoms with E-state index in [1.54, 1.807) is 42.5 Å². The smallest absolute Gasteiger partial charge is 0.267 e. The van der Waals surface area contributed by atoms with Gasteiger partial charge in [0.15, 0.2) is 0 Å². The minimum absolute atomic E-state index is 0.0112. The predicted octanol–water partition coefficient (Wildman–Crippen LogP) is 1.20. The highest BCUT2D eigenvalue weighted by atomic mass is 32.2. The molecular formula is C15H13N3O4S. The summed E-state index contributed by atoms with van der Waals surface area (Å²) in [5.41, 5.74) is 0.155. The van der Waals surface area contributed by atoms with Crippen LogP contribution in [-0.4, -0.2) is 30.0 Å². The Bertz CT molecular complexity index is 984. The molecule has 0 N–H and O–H groups in total. The van der Waals surface area contributed by atoms with Crippen molar-refractivity contribution in [3.05, 3.63) is 65.0 Å². The predicted molar refractivity (Wildman–Crippen MR) is 83.4 cm³/mol. The van der Waals surface area contributed by atoms with Crippen LogP contribution in [0.5, 0.6) is 0 Å². The number of rotatable bonds is 5. The normalized spacial score (nSPS) is 11.7. The Hall–Kier alpha value is -2.58. The van der Waals surface area contributed by atoms with Crippen LogP contribution in [-0.2, 0) is 20.8 Å². The summed E-state index contributed by atoms with van der Waals surface area (Å²) in [7, 11) is -3.85. The molecule has 0 spiro atoms. The summed E-state index contributed by atoms with van der Waals surface area (Å²) < 4.78 is 30.0. The number of benzene rings is 2. The van der Waals surface area contributed by atoms with Crippen molar-refractivity contribution in [2.75, 3.05) is 6.61 Å². The minimum Gasteiger partial charge on any atom is -0.267 e. The van der Waals surface area contributed by atoms with E-state index in [0.717, 1.165) is 4.68 Å². The molecule has 118 valence electrons. The van der Waals surface area contributed by atoms with E-state index < -0.39 is 10.1 Å². The fourth-order valence-corrected chi connectivity index (χ4v) is 2.98. The van der Waals surface area contributed by atoms with Gasteiger partial charge in [-0.05, 0) is 24.3 Å². The topological polar surface area (TPSA) is 91.2 Å². The summed E-state index contributed by atoms with van der Waals surface area (Å²) in [5, 5.41) is 8.13. The quantitative estimate of drug-likeness (QED) is 0.652. The van der Waals surface area contributed by atoms with Crippen LogP contribution < -0.4 is 5.56 Å². The first-order chi connectivity index (χ1) is 11.1. The molecule has 0 aliphatic rings. The van der Waals surface area contributed by atoms with E-state index in [1.807, 2.05) is 0 Å². The zero-order valence-electron chi connectivity index (χ0n) is 12.0. The lowest BCUT2D eigenvalue weighted by Crippen LogP contribution is -2.26. The zero-order valence-corrected chi connectivity index (χ0v) is 12.8. The zero-order chi connectivity index (χ0) is 16.3. The van der Waals surface area contributed by atoms with Crippen LogP contribution in [0.3, 0.4) is 0 Å². The van der Waals surface area contributed by atoms with Crippen molar-refractivity contribution >= 4 is 21.0 Å². The lowest BCUT2D eigenvalue weighted by Gasteiger charge is -2.07. The average molecular weight is 331 g/mol. The molecule has 2 aromatic carbocycles. The Kier molecular flexibility index (Phi) is 4.18.